The SMILES string of the molecule is COc1ccc(CNc2cc(N3CCCCCC3)nc(C)n2)cc1. The molecule has 0 atom stereocenters. The number of benzene rings is 1. The van der Waals surface area contributed by atoms with E-state index < -0.39 is 0 Å². The Balaban J connectivity index is 1.68. The van der Waals surface area contributed by atoms with Gasteiger partial charge in [-0.05, 0) is 37.5 Å². The van der Waals surface area contributed by atoms with Crippen molar-refractivity contribution >= 4 is 11.6 Å². The highest BCUT2D eigenvalue weighted by Crippen LogP contribution is 2.21. The average Bonchev–Trinajstić information content (AvgIpc) is 2.89. The zero-order valence-corrected chi connectivity index (χ0v) is 14.6. The summed E-state index contributed by atoms with van der Waals surface area (Å²) in [6.07, 6.45) is 5.14. The molecule has 5 nitrogen and oxygen atoms in total. The van der Waals surface area contributed by atoms with Crippen molar-refractivity contribution in [2.24, 2.45) is 0 Å². The van der Waals surface area contributed by atoms with E-state index in [1.807, 2.05) is 19.1 Å². The Kier molecular flexibility index (Phi) is 5.51. The fourth-order valence-electron chi connectivity index (χ4n) is 3.04. The number of hydrogen-bond donors (Lipinski definition) is 1. The van der Waals surface area contributed by atoms with Crippen LogP contribution < -0.4 is 15.0 Å². The minimum Gasteiger partial charge on any atom is -0.497 e. The van der Waals surface area contributed by atoms with Gasteiger partial charge in [-0.3, -0.25) is 0 Å². The summed E-state index contributed by atoms with van der Waals surface area (Å²) in [5, 5.41) is 3.42. The predicted molar refractivity (Wildman–Crippen MR) is 97.8 cm³/mol. The smallest absolute Gasteiger partial charge is 0.134 e. The van der Waals surface area contributed by atoms with Gasteiger partial charge < -0.3 is 15.0 Å². The highest BCUT2D eigenvalue weighted by molar-refractivity contribution is 5.50. The summed E-state index contributed by atoms with van der Waals surface area (Å²) in [6, 6.07) is 10.2. The number of rotatable bonds is 5. The molecule has 0 bridgehead atoms. The van der Waals surface area contributed by atoms with Crippen LogP contribution in [0.3, 0.4) is 0 Å². The number of ether oxygens (including phenoxy) is 1. The molecular formula is C19H26N4O. The molecule has 1 aliphatic rings. The van der Waals surface area contributed by atoms with Gasteiger partial charge in [0.1, 0.15) is 23.2 Å². The van der Waals surface area contributed by atoms with E-state index in [9.17, 15) is 0 Å². The molecule has 24 heavy (non-hydrogen) atoms. The van der Waals surface area contributed by atoms with Crippen molar-refractivity contribution in [1.29, 1.82) is 0 Å². The molecule has 0 unspecified atom stereocenters. The van der Waals surface area contributed by atoms with Crippen molar-refractivity contribution in [3.05, 3.63) is 41.7 Å². The van der Waals surface area contributed by atoms with Crippen LogP contribution in [0, 0.1) is 6.92 Å². The third kappa shape index (κ3) is 4.37. The second-order valence-electron chi connectivity index (χ2n) is 6.26. The van der Waals surface area contributed by atoms with E-state index in [0.717, 1.165) is 42.8 Å². The molecule has 3 rings (SSSR count). The monoisotopic (exact) mass is 326 g/mol. The van der Waals surface area contributed by atoms with Crippen molar-refractivity contribution in [2.75, 3.05) is 30.4 Å². The van der Waals surface area contributed by atoms with Crippen LogP contribution in [-0.4, -0.2) is 30.2 Å². The minimum absolute atomic E-state index is 0.736. The van der Waals surface area contributed by atoms with Gasteiger partial charge in [-0.15, -0.1) is 0 Å². The molecular weight excluding hydrogens is 300 g/mol. The van der Waals surface area contributed by atoms with Crippen LogP contribution in [0.2, 0.25) is 0 Å². The zero-order chi connectivity index (χ0) is 16.8. The number of methoxy groups -OCH3 is 1. The van der Waals surface area contributed by atoms with E-state index in [0.29, 0.717) is 0 Å². The second-order valence-corrected chi connectivity index (χ2v) is 6.26. The fraction of sp³-hybridized carbons (Fsp3) is 0.474. The zero-order valence-electron chi connectivity index (χ0n) is 14.6. The molecule has 1 aromatic carbocycles. The lowest BCUT2D eigenvalue weighted by Crippen LogP contribution is -2.25. The highest BCUT2D eigenvalue weighted by Gasteiger charge is 2.13. The van der Waals surface area contributed by atoms with Crippen LogP contribution in [0.15, 0.2) is 30.3 Å². The van der Waals surface area contributed by atoms with Gasteiger partial charge in [-0.2, -0.15) is 0 Å². The van der Waals surface area contributed by atoms with Crippen LogP contribution in [0.1, 0.15) is 37.1 Å². The Morgan fingerprint density at radius 2 is 1.75 bits per heavy atom. The van der Waals surface area contributed by atoms with E-state index in [1.165, 1.54) is 31.2 Å². The third-order valence-corrected chi connectivity index (χ3v) is 4.39. The van der Waals surface area contributed by atoms with Crippen LogP contribution in [0.4, 0.5) is 11.6 Å². The third-order valence-electron chi connectivity index (χ3n) is 4.39. The Bertz CT molecular complexity index is 649. The molecule has 128 valence electrons. The Morgan fingerprint density at radius 3 is 2.42 bits per heavy atom. The van der Waals surface area contributed by atoms with E-state index in [-0.39, 0.29) is 0 Å². The minimum atomic E-state index is 0.736. The predicted octanol–water partition coefficient (Wildman–Crippen LogP) is 3.79. The van der Waals surface area contributed by atoms with Gasteiger partial charge >= 0.3 is 0 Å². The summed E-state index contributed by atoms with van der Waals surface area (Å²) in [5.74, 6) is 3.62. The number of nitrogens with zero attached hydrogens (tertiary/aromatic N) is 3. The molecule has 0 aliphatic carbocycles. The fourth-order valence-corrected chi connectivity index (χ4v) is 3.04. The van der Waals surface area contributed by atoms with Crippen LogP contribution in [-0.2, 0) is 6.54 Å². The van der Waals surface area contributed by atoms with Crippen molar-refractivity contribution in [3.63, 3.8) is 0 Å². The summed E-state index contributed by atoms with van der Waals surface area (Å²) in [6.45, 7) is 4.88. The van der Waals surface area contributed by atoms with Crippen molar-refractivity contribution < 1.29 is 4.74 Å². The first-order chi connectivity index (χ1) is 11.7. The normalized spacial score (nSPS) is 15.0. The quantitative estimate of drug-likeness (QED) is 0.906. The van der Waals surface area contributed by atoms with Crippen molar-refractivity contribution in [1.82, 2.24) is 9.97 Å². The molecule has 0 saturated carbocycles. The van der Waals surface area contributed by atoms with E-state index >= 15 is 0 Å². The van der Waals surface area contributed by atoms with E-state index in [2.05, 4.69) is 38.4 Å². The molecule has 1 aliphatic heterocycles. The van der Waals surface area contributed by atoms with Gasteiger partial charge in [0.2, 0.25) is 0 Å². The van der Waals surface area contributed by atoms with Crippen molar-refractivity contribution in [2.45, 2.75) is 39.2 Å². The highest BCUT2D eigenvalue weighted by atomic mass is 16.5. The lowest BCUT2D eigenvalue weighted by Gasteiger charge is -2.22. The van der Waals surface area contributed by atoms with Crippen LogP contribution in [0.25, 0.3) is 0 Å². The molecule has 0 amide bonds. The lowest BCUT2D eigenvalue weighted by atomic mass is 10.2. The van der Waals surface area contributed by atoms with Gasteiger partial charge in [0.25, 0.3) is 0 Å². The lowest BCUT2D eigenvalue weighted by molar-refractivity contribution is 0.414. The molecule has 0 spiro atoms. The number of hydrogen-bond acceptors (Lipinski definition) is 5. The largest absolute Gasteiger partial charge is 0.497 e. The molecule has 5 heteroatoms. The van der Waals surface area contributed by atoms with Gasteiger partial charge in [-0.1, -0.05) is 25.0 Å². The Hall–Kier alpha value is -2.30. The first kappa shape index (κ1) is 16.6. The van der Waals surface area contributed by atoms with Gasteiger partial charge in [0, 0.05) is 25.7 Å². The number of aryl methyl sites for hydroxylation is 1. The topological polar surface area (TPSA) is 50.3 Å². The maximum absolute atomic E-state index is 5.19. The standard InChI is InChI=1S/C19H26N4O/c1-15-21-18(20-14-16-7-9-17(24-2)10-8-16)13-19(22-15)23-11-5-3-4-6-12-23/h7-10,13H,3-6,11-12,14H2,1-2H3,(H,20,21,22). The molecule has 2 heterocycles. The molecule has 1 aromatic heterocycles. The maximum atomic E-state index is 5.19. The summed E-state index contributed by atoms with van der Waals surface area (Å²) in [4.78, 5) is 11.6. The number of aromatic nitrogens is 2. The van der Waals surface area contributed by atoms with Gasteiger partial charge in [-0.25, -0.2) is 9.97 Å². The first-order valence-electron chi connectivity index (χ1n) is 8.72. The second kappa shape index (κ2) is 7.99. The van der Waals surface area contributed by atoms with Crippen LogP contribution >= 0.6 is 0 Å². The van der Waals surface area contributed by atoms with Crippen molar-refractivity contribution in [3.8, 4) is 5.75 Å². The van der Waals surface area contributed by atoms with Crippen LogP contribution in [0.5, 0.6) is 5.75 Å². The molecule has 1 saturated heterocycles. The number of nitrogens with one attached hydrogen (secondary N) is 1. The molecule has 0 radical (unpaired) electrons. The Labute approximate surface area is 144 Å². The molecule has 1 N–H and O–H groups in total. The van der Waals surface area contributed by atoms with E-state index in [1.54, 1.807) is 7.11 Å². The number of anilines is 2. The molecule has 1 fully saturated rings. The summed E-state index contributed by atoms with van der Waals surface area (Å²) >= 11 is 0. The molecule has 2 aromatic rings. The van der Waals surface area contributed by atoms with Gasteiger partial charge in [0.05, 0.1) is 7.11 Å². The first-order valence-corrected chi connectivity index (χ1v) is 8.72. The summed E-state index contributed by atoms with van der Waals surface area (Å²) < 4.78 is 5.19. The summed E-state index contributed by atoms with van der Waals surface area (Å²) in [5.41, 5.74) is 1.20. The average molecular weight is 326 g/mol. The maximum Gasteiger partial charge on any atom is 0.134 e. The Morgan fingerprint density at radius 1 is 1.04 bits per heavy atom. The van der Waals surface area contributed by atoms with E-state index in [4.69, 9.17) is 4.74 Å². The van der Waals surface area contributed by atoms with Gasteiger partial charge in [0.15, 0.2) is 0 Å². The summed E-state index contributed by atoms with van der Waals surface area (Å²) in [7, 11) is 1.68.